The maximum atomic E-state index is 11.9. The number of aromatic nitrogens is 2. The van der Waals surface area contributed by atoms with Crippen molar-refractivity contribution < 1.29 is 14.9 Å². The van der Waals surface area contributed by atoms with E-state index >= 15 is 0 Å². The van der Waals surface area contributed by atoms with E-state index in [1.165, 1.54) is 12.3 Å². The number of aliphatic hydroxyl groups is 2. The molecule has 8 nitrogen and oxygen atoms in total. The fraction of sp³-hybridized carbons (Fsp3) is 0.500. The van der Waals surface area contributed by atoms with Gasteiger partial charge in [-0.15, -0.1) is 6.58 Å². The van der Waals surface area contributed by atoms with Crippen molar-refractivity contribution in [1.29, 1.82) is 0 Å². The van der Waals surface area contributed by atoms with Gasteiger partial charge in [0, 0.05) is 25.2 Å². The number of nitrogens with zero attached hydrogens (tertiary/aromatic N) is 1. The van der Waals surface area contributed by atoms with Gasteiger partial charge in [-0.25, -0.2) is 4.79 Å². The summed E-state index contributed by atoms with van der Waals surface area (Å²) in [5.41, 5.74) is -1.19. The molecule has 0 saturated carbocycles. The summed E-state index contributed by atoms with van der Waals surface area (Å²) in [6.07, 6.45) is 1.16. The Labute approximate surface area is 114 Å². The van der Waals surface area contributed by atoms with Crippen LogP contribution in [0.25, 0.3) is 0 Å². The maximum Gasteiger partial charge on any atom is 0.331 e. The lowest BCUT2D eigenvalue weighted by Gasteiger charge is -2.31. The van der Waals surface area contributed by atoms with Crippen molar-refractivity contribution in [2.24, 2.45) is 0 Å². The smallest absolute Gasteiger partial charge is 0.331 e. The molecule has 1 fully saturated rings. The lowest BCUT2D eigenvalue weighted by Crippen LogP contribution is -2.53. The highest BCUT2D eigenvalue weighted by molar-refractivity contribution is 4.95. The number of hydrogen-bond acceptors (Lipinski definition) is 6. The summed E-state index contributed by atoms with van der Waals surface area (Å²) in [4.78, 5) is 25.2. The predicted octanol–water partition coefficient (Wildman–Crippen LogP) is -1.94. The van der Waals surface area contributed by atoms with Crippen molar-refractivity contribution >= 4 is 0 Å². The minimum Gasteiger partial charge on any atom is -0.394 e. The van der Waals surface area contributed by atoms with Crippen LogP contribution in [0.15, 0.2) is 34.5 Å². The molecule has 20 heavy (non-hydrogen) atoms. The van der Waals surface area contributed by atoms with Gasteiger partial charge in [0.25, 0.3) is 5.56 Å². The van der Waals surface area contributed by atoms with Crippen molar-refractivity contribution in [3.05, 3.63) is 45.8 Å². The zero-order valence-corrected chi connectivity index (χ0v) is 10.8. The van der Waals surface area contributed by atoms with Gasteiger partial charge < -0.3 is 14.9 Å². The van der Waals surface area contributed by atoms with Gasteiger partial charge >= 0.3 is 5.69 Å². The molecule has 0 aromatic carbocycles. The third kappa shape index (κ3) is 2.59. The summed E-state index contributed by atoms with van der Waals surface area (Å²) in [6, 6.07) is 1.18. The normalized spacial score (nSPS) is 29.5. The Morgan fingerprint density at radius 2 is 2.40 bits per heavy atom. The van der Waals surface area contributed by atoms with Crippen LogP contribution in [0, 0.1) is 0 Å². The molecular weight excluding hydrogens is 266 g/mol. The number of aromatic amines is 1. The Hall–Kier alpha value is -1.74. The van der Waals surface area contributed by atoms with Crippen LogP contribution in [0.4, 0.5) is 0 Å². The lowest BCUT2D eigenvalue weighted by atomic mass is 10.1. The molecule has 0 amide bonds. The van der Waals surface area contributed by atoms with Gasteiger partial charge in [0.15, 0.2) is 0 Å². The van der Waals surface area contributed by atoms with E-state index in [0.717, 1.165) is 4.57 Å². The van der Waals surface area contributed by atoms with E-state index in [9.17, 15) is 19.8 Å². The zero-order valence-electron chi connectivity index (χ0n) is 10.8. The van der Waals surface area contributed by atoms with Crippen LogP contribution in [0.1, 0.15) is 6.42 Å². The van der Waals surface area contributed by atoms with Crippen LogP contribution in [-0.4, -0.2) is 45.1 Å². The zero-order chi connectivity index (χ0) is 14.8. The molecular formula is C12H17N3O5. The molecule has 0 unspecified atom stereocenters. The molecule has 0 spiro atoms. The van der Waals surface area contributed by atoms with Crippen molar-refractivity contribution in [1.82, 2.24) is 14.9 Å². The molecule has 1 aliphatic heterocycles. The number of aliphatic hydroxyl groups excluding tert-OH is 2. The second kappa shape index (κ2) is 5.71. The summed E-state index contributed by atoms with van der Waals surface area (Å²) < 4.78 is 6.75. The number of rotatable bonds is 5. The van der Waals surface area contributed by atoms with E-state index in [1.54, 1.807) is 6.08 Å². The van der Waals surface area contributed by atoms with Crippen molar-refractivity contribution in [3.63, 3.8) is 0 Å². The van der Waals surface area contributed by atoms with E-state index in [-0.39, 0.29) is 13.0 Å². The third-order valence-electron chi connectivity index (χ3n) is 3.18. The standard InChI is InChI=1S/C12H17N3O5/c1-2-4-13-12(6-8(17)9(7-16)20-12)15-5-3-10(18)14-11(15)19/h2-3,5,8-9,13,16-17H,1,4,6-7H2,(H,14,18,19)/t8-,9+,12-/m0/s1. The third-order valence-corrected chi connectivity index (χ3v) is 3.18. The average Bonchev–Trinajstić information content (AvgIpc) is 2.73. The minimum absolute atomic E-state index is 0.0536. The first kappa shape index (κ1) is 14.7. The van der Waals surface area contributed by atoms with Gasteiger partial charge in [-0.3, -0.25) is 19.7 Å². The molecule has 0 bridgehead atoms. The molecule has 0 aliphatic carbocycles. The van der Waals surface area contributed by atoms with Crippen molar-refractivity contribution in [3.8, 4) is 0 Å². The van der Waals surface area contributed by atoms with Gasteiger partial charge in [0.05, 0.1) is 12.7 Å². The van der Waals surface area contributed by atoms with Gasteiger partial charge in [0.2, 0.25) is 5.85 Å². The summed E-state index contributed by atoms with van der Waals surface area (Å²) in [7, 11) is 0. The molecule has 8 heteroatoms. The topological polar surface area (TPSA) is 117 Å². The Morgan fingerprint density at radius 1 is 1.65 bits per heavy atom. The minimum atomic E-state index is -1.33. The van der Waals surface area contributed by atoms with E-state index in [4.69, 9.17) is 4.74 Å². The molecule has 1 aromatic heterocycles. The van der Waals surface area contributed by atoms with E-state index < -0.39 is 29.3 Å². The summed E-state index contributed by atoms with van der Waals surface area (Å²) >= 11 is 0. The second-order valence-electron chi connectivity index (χ2n) is 4.54. The van der Waals surface area contributed by atoms with Crippen LogP contribution in [0.2, 0.25) is 0 Å². The van der Waals surface area contributed by atoms with Crippen LogP contribution in [0.5, 0.6) is 0 Å². The SMILES string of the molecule is C=CCN[C@]1(n2ccc(=O)[nH]c2=O)C[C@H](O)[C@@H](CO)O1. The maximum absolute atomic E-state index is 11.9. The first-order valence-electron chi connectivity index (χ1n) is 6.17. The molecule has 1 aliphatic rings. The van der Waals surface area contributed by atoms with Gasteiger partial charge in [-0.2, -0.15) is 0 Å². The predicted molar refractivity (Wildman–Crippen MR) is 70.1 cm³/mol. The van der Waals surface area contributed by atoms with Gasteiger partial charge in [-0.1, -0.05) is 6.08 Å². The fourth-order valence-corrected chi connectivity index (χ4v) is 2.24. The number of ether oxygens (including phenoxy) is 1. The largest absolute Gasteiger partial charge is 0.394 e. The summed E-state index contributed by atoms with van der Waals surface area (Å²) in [5, 5.41) is 22.0. The highest BCUT2D eigenvalue weighted by Crippen LogP contribution is 2.31. The first-order valence-corrected chi connectivity index (χ1v) is 6.17. The fourth-order valence-electron chi connectivity index (χ4n) is 2.24. The highest BCUT2D eigenvalue weighted by atomic mass is 16.6. The van der Waals surface area contributed by atoms with Crippen LogP contribution >= 0.6 is 0 Å². The number of H-pyrrole nitrogens is 1. The van der Waals surface area contributed by atoms with E-state index in [2.05, 4.69) is 16.9 Å². The van der Waals surface area contributed by atoms with Gasteiger partial charge in [0.1, 0.15) is 6.10 Å². The highest BCUT2D eigenvalue weighted by Gasteiger charge is 2.47. The molecule has 1 aromatic rings. The number of nitrogens with one attached hydrogen (secondary N) is 2. The Kier molecular flexibility index (Phi) is 4.19. The summed E-state index contributed by atoms with van der Waals surface area (Å²) in [6.45, 7) is 3.50. The molecule has 110 valence electrons. The molecule has 1 saturated heterocycles. The quantitative estimate of drug-likeness (QED) is 0.467. The average molecular weight is 283 g/mol. The van der Waals surface area contributed by atoms with Gasteiger partial charge in [-0.05, 0) is 0 Å². The molecule has 4 N–H and O–H groups in total. The van der Waals surface area contributed by atoms with Crippen LogP contribution in [-0.2, 0) is 10.6 Å². The molecule has 3 atom stereocenters. The number of hydrogen-bond donors (Lipinski definition) is 4. The second-order valence-corrected chi connectivity index (χ2v) is 4.54. The summed E-state index contributed by atoms with van der Waals surface area (Å²) in [5.74, 6) is -1.33. The van der Waals surface area contributed by atoms with Crippen LogP contribution < -0.4 is 16.6 Å². The Bertz CT molecular complexity index is 595. The van der Waals surface area contributed by atoms with Crippen LogP contribution in [0.3, 0.4) is 0 Å². The molecule has 0 radical (unpaired) electrons. The van der Waals surface area contributed by atoms with Crippen molar-refractivity contribution in [2.75, 3.05) is 13.2 Å². The van der Waals surface area contributed by atoms with Crippen molar-refractivity contribution in [2.45, 2.75) is 24.5 Å². The lowest BCUT2D eigenvalue weighted by molar-refractivity contribution is -0.138. The Morgan fingerprint density at radius 3 is 2.95 bits per heavy atom. The Balaban J connectivity index is 2.45. The molecule has 2 heterocycles. The molecule has 2 rings (SSSR count). The van der Waals surface area contributed by atoms with E-state index in [1.807, 2.05) is 0 Å². The monoisotopic (exact) mass is 283 g/mol. The van der Waals surface area contributed by atoms with E-state index in [0.29, 0.717) is 6.54 Å². The first-order chi connectivity index (χ1) is 9.52.